The fraction of sp³-hybridized carbons (Fsp3) is 0.350. The maximum atomic E-state index is 13.0. The highest BCUT2D eigenvalue weighted by Gasteiger charge is 2.28. The second kappa shape index (κ2) is 5.99. The molecule has 0 radical (unpaired) electrons. The summed E-state index contributed by atoms with van der Waals surface area (Å²) in [5, 5.41) is 8.35. The number of aromatic nitrogens is 3. The van der Waals surface area contributed by atoms with Crippen molar-refractivity contribution in [3.05, 3.63) is 52.8 Å². The molecule has 25 heavy (non-hydrogen) atoms. The van der Waals surface area contributed by atoms with Crippen molar-refractivity contribution in [3.63, 3.8) is 0 Å². The van der Waals surface area contributed by atoms with E-state index >= 15 is 0 Å². The van der Waals surface area contributed by atoms with Gasteiger partial charge in [-0.15, -0.1) is 0 Å². The van der Waals surface area contributed by atoms with Crippen LogP contribution in [0.4, 0.5) is 5.69 Å². The number of pyridine rings is 1. The molecule has 0 atom stereocenters. The lowest BCUT2D eigenvalue weighted by atomic mass is 10.1. The van der Waals surface area contributed by atoms with Gasteiger partial charge in [-0.05, 0) is 49.9 Å². The van der Waals surface area contributed by atoms with Crippen LogP contribution in [-0.2, 0) is 13.5 Å². The Morgan fingerprint density at radius 2 is 2.12 bits per heavy atom. The van der Waals surface area contributed by atoms with Gasteiger partial charge in [0.25, 0.3) is 5.91 Å². The van der Waals surface area contributed by atoms with Crippen LogP contribution in [-0.4, -0.2) is 20.7 Å². The number of rotatable bonds is 4. The molecule has 4 rings (SSSR count). The number of carbonyl (C=O) groups is 1. The summed E-state index contributed by atoms with van der Waals surface area (Å²) in [5.74, 6) is 0.383. The van der Waals surface area contributed by atoms with Gasteiger partial charge in [-0.3, -0.25) is 9.48 Å². The van der Waals surface area contributed by atoms with E-state index in [4.69, 9.17) is 4.98 Å². The molecule has 1 aliphatic carbocycles. The Hall–Kier alpha value is -2.69. The number of amides is 1. The second-order valence-corrected chi connectivity index (χ2v) is 6.78. The molecule has 0 unspecified atom stereocenters. The quantitative estimate of drug-likeness (QED) is 0.785. The summed E-state index contributed by atoms with van der Waals surface area (Å²) < 4.78 is 1.77. The second-order valence-electron chi connectivity index (χ2n) is 6.78. The van der Waals surface area contributed by atoms with E-state index in [2.05, 4.69) is 23.4 Å². The number of nitrogens with zero attached hydrogens (tertiary/aromatic N) is 3. The monoisotopic (exact) mass is 334 g/mol. The molecule has 5 heteroatoms. The van der Waals surface area contributed by atoms with Gasteiger partial charge in [-0.25, -0.2) is 4.98 Å². The summed E-state index contributed by atoms with van der Waals surface area (Å²) >= 11 is 0. The average molecular weight is 334 g/mol. The Bertz CT molecular complexity index is 969. The number of benzene rings is 1. The van der Waals surface area contributed by atoms with Crippen LogP contribution >= 0.6 is 0 Å². The molecule has 2 heterocycles. The van der Waals surface area contributed by atoms with Crippen LogP contribution in [0.5, 0.6) is 0 Å². The largest absolute Gasteiger partial charge is 0.322 e. The van der Waals surface area contributed by atoms with Gasteiger partial charge in [-0.1, -0.05) is 19.1 Å². The minimum Gasteiger partial charge on any atom is -0.322 e. The molecule has 0 saturated heterocycles. The number of carbonyl (C=O) groups excluding carboxylic acids is 1. The van der Waals surface area contributed by atoms with Crippen molar-refractivity contribution in [3.8, 4) is 0 Å². The standard InChI is InChI=1S/C20H22N4O/c1-4-13-6-5-7-15(10-13)21-20(25)16-11-17(14-8-9-14)22-19-18(16)12(2)23-24(19)3/h5-7,10-11,14H,4,8-9H2,1-3H3,(H,21,25). The lowest BCUT2D eigenvalue weighted by Gasteiger charge is -2.10. The molecule has 1 amide bonds. The summed E-state index contributed by atoms with van der Waals surface area (Å²) in [7, 11) is 1.88. The van der Waals surface area contributed by atoms with E-state index in [1.165, 1.54) is 5.56 Å². The lowest BCUT2D eigenvalue weighted by Crippen LogP contribution is -2.14. The van der Waals surface area contributed by atoms with Gasteiger partial charge in [0.1, 0.15) is 0 Å². The number of aryl methyl sites for hydroxylation is 3. The Morgan fingerprint density at radius 1 is 1.32 bits per heavy atom. The minimum atomic E-state index is -0.0985. The number of fused-ring (bicyclic) bond motifs is 1. The first-order valence-electron chi connectivity index (χ1n) is 8.81. The zero-order valence-corrected chi connectivity index (χ0v) is 14.8. The van der Waals surface area contributed by atoms with Crippen LogP contribution in [0.1, 0.15) is 53.0 Å². The molecule has 5 nitrogen and oxygen atoms in total. The van der Waals surface area contributed by atoms with Crippen molar-refractivity contribution in [1.82, 2.24) is 14.8 Å². The first-order valence-corrected chi connectivity index (χ1v) is 8.81. The molecule has 1 saturated carbocycles. The highest BCUT2D eigenvalue weighted by Crippen LogP contribution is 2.40. The van der Waals surface area contributed by atoms with Gasteiger partial charge in [0.05, 0.1) is 16.6 Å². The number of anilines is 1. The molecule has 0 bridgehead atoms. The Morgan fingerprint density at radius 3 is 2.84 bits per heavy atom. The molecule has 3 aromatic rings. The Labute approximate surface area is 147 Å². The molecular weight excluding hydrogens is 312 g/mol. The van der Waals surface area contributed by atoms with E-state index in [1.54, 1.807) is 4.68 Å². The third-order valence-corrected chi connectivity index (χ3v) is 4.82. The number of nitrogens with one attached hydrogen (secondary N) is 1. The number of hydrogen-bond donors (Lipinski definition) is 1. The highest BCUT2D eigenvalue weighted by atomic mass is 16.1. The smallest absolute Gasteiger partial charge is 0.256 e. The lowest BCUT2D eigenvalue weighted by molar-refractivity contribution is 0.102. The van der Waals surface area contributed by atoms with Crippen molar-refractivity contribution in [1.29, 1.82) is 0 Å². The third kappa shape index (κ3) is 2.90. The predicted octanol–water partition coefficient (Wildman–Crippen LogP) is 3.97. The van der Waals surface area contributed by atoms with E-state index in [0.29, 0.717) is 11.5 Å². The van der Waals surface area contributed by atoms with Crippen molar-refractivity contribution in [2.24, 2.45) is 7.05 Å². The van der Waals surface area contributed by atoms with E-state index in [0.717, 1.165) is 47.4 Å². The summed E-state index contributed by atoms with van der Waals surface area (Å²) in [6.45, 7) is 4.03. The van der Waals surface area contributed by atoms with Crippen molar-refractivity contribution in [2.45, 2.75) is 39.0 Å². The molecule has 1 N–H and O–H groups in total. The zero-order chi connectivity index (χ0) is 17.6. The Balaban J connectivity index is 1.77. The summed E-state index contributed by atoms with van der Waals surface area (Å²) in [6.07, 6.45) is 3.24. The van der Waals surface area contributed by atoms with E-state index < -0.39 is 0 Å². The maximum Gasteiger partial charge on any atom is 0.256 e. The van der Waals surface area contributed by atoms with Gasteiger partial charge < -0.3 is 5.32 Å². The molecule has 0 spiro atoms. The van der Waals surface area contributed by atoms with Gasteiger partial charge >= 0.3 is 0 Å². The SMILES string of the molecule is CCc1cccc(NC(=O)c2cc(C3CC3)nc3c2c(C)nn3C)c1. The van der Waals surface area contributed by atoms with Crippen molar-refractivity contribution >= 4 is 22.6 Å². The average Bonchev–Trinajstić information content (AvgIpc) is 3.41. The molecule has 0 aliphatic heterocycles. The predicted molar refractivity (Wildman–Crippen MR) is 99.0 cm³/mol. The zero-order valence-electron chi connectivity index (χ0n) is 14.8. The van der Waals surface area contributed by atoms with E-state index in [1.807, 2.05) is 38.2 Å². The molecule has 128 valence electrons. The van der Waals surface area contributed by atoms with Crippen molar-refractivity contribution < 1.29 is 4.79 Å². The van der Waals surface area contributed by atoms with Crippen LogP contribution in [0.15, 0.2) is 30.3 Å². The highest BCUT2D eigenvalue weighted by molar-refractivity contribution is 6.12. The van der Waals surface area contributed by atoms with Crippen LogP contribution in [0.25, 0.3) is 11.0 Å². The first-order chi connectivity index (χ1) is 12.1. The van der Waals surface area contributed by atoms with Gasteiger partial charge in [-0.2, -0.15) is 5.10 Å². The van der Waals surface area contributed by atoms with Gasteiger partial charge in [0.15, 0.2) is 5.65 Å². The molecule has 1 aliphatic rings. The summed E-state index contributed by atoms with van der Waals surface area (Å²) in [6, 6.07) is 9.94. The molecule has 2 aromatic heterocycles. The topological polar surface area (TPSA) is 59.8 Å². The molecule has 1 aromatic carbocycles. The summed E-state index contributed by atoms with van der Waals surface area (Å²) in [4.78, 5) is 17.8. The van der Waals surface area contributed by atoms with Crippen molar-refractivity contribution in [2.75, 3.05) is 5.32 Å². The fourth-order valence-corrected chi connectivity index (χ4v) is 3.30. The van der Waals surface area contributed by atoms with E-state index in [9.17, 15) is 4.79 Å². The van der Waals surface area contributed by atoms with Crippen LogP contribution in [0.2, 0.25) is 0 Å². The Kier molecular flexibility index (Phi) is 3.79. The van der Waals surface area contributed by atoms with Gasteiger partial charge in [0, 0.05) is 24.3 Å². The third-order valence-electron chi connectivity index (χ3n) is 4.82. The van der Waals surface area contributed by atoms with Crippen LogP contribution in [0.3, 0.4) is 0 Å². The summed E-state index contributed by atoms with van der Waals surface area (Å²) in [5.41, 5.74) is 5.31. The maximum absolute atomic E-state index is 13.0. The fourth-order valence-electron chi connectivity index (χ4n) is 3.30. The van der Waals surface area contributed by atoms with Crippen LogP contribution in [0, 0.1) is 6.92 Å². The van der Waals surface area contributed by atoms with Gasteiger partial charge in [0.2, 0.25) is 0 Å². The minimum absolute atomic E-state index is 0.0985. The number of hydrogen-bond acceptors (Lipinski definition) is 3. The normalized spacial score (nSPS) is 14.0. The van der Waals surface area contributed by atoms with E-state index in [-0.39, 0.29) is 5.91 Å². The molecular formula is C20H22N4O. The van der Waals surface area contributed by atoms with Crippen LogP contribution < -0.4 is 5.32 Å². The molecule has 1 fully saturated rings. The first kappa shape index (κ1) is 15.8.